The van der Waals surface area contributed by atoms with Crippen LogP contribution in [0, 0.1) is 5.82 Å². The Labute approximate surface area is 135 Å². The van der Waals surface area contributed by atoms with Crippen molar-refractivity contribution in [3.63, 3.8) is 0 Å². The molecule has 3 nitrogen and oxygen atoms in total. The molecule has 23 heavy (non-hydrogen) atoms. The highest BCUT2D eigenvalue weighted by atomic mass is 19.1. The summed E-state index contributed by atoms with van der Waals surface area (Å²) >= 11 is 0. The molecule has 1 aliphatic heterocycles. The maximum absolute atomic E-state index is 13.3. The predicted octanol–water partition coefficient (Wildman–Crippen LogP) is 3.14. The Morgan fingerprint density at radius 1 is 1.22 bits per heavy atom. The van der Waals surface area contributed by atoms with Gasteiger partial charge in [-0.1, -0.05) is 36.4 Å². The lowest BCUT2D eigenvalue weighted by molar-refractivity contribution is -0.125. The van der Waals surface area contributed by atoms with Gasteiger partial charge in [-0.25, -0.2) is 4.39 Å². The minimum Gasteiger partial charge on any atom is -0.432 e. The molecule has 0 aromatic heterocycles. The second-order valence-electron chi connectivity index (χ2n) is 6.04. The second kappa shape index (κ2) is 6.55. The molecule has 0 aliphatic carbocycles. The molecule has 0 saturated carbocycles. The van der Waals surface area contributed by atoms with Crippen LogP contribution in [0.1, 0.15) is 18.4 Å². The number of nitrogens with zero attached hydrogens (tertiary/aromatic N) is 1. The highest BCUT2D eigenvalue weighted by Crippen LogP contribution is 2.25. The van der Waals surface area contributed by atoms with Crippen molar-refractivity contribution in [1.82, 2.24) is 4.81 Å². The van der Waals surface area contributed by atoms with E-state index in [0.29, 0.717) is 6.42 Å². The van der Waals surface area contributed by atoms with Gasteiger partial charge in [0.05, 0.1) is 0 Å². The number of benzene rings is 2. The van der Waals surface area contributed by atoms with Gasteiger partial charge in [-0.05, 0) is 48.5 Å². The molecule has 0 spiro atoms. The van der Waals surface area contributed by atoms with Crippen LogP contribution in [-0.2, 0) is 11.2 Å². The van der Waals surface area contributed by atoms with Crippen LogP contribution in [0.5, 0.6) is 0 Å². The summed E-state index contributed by atoms with van der Waals surface area (Å²) in [6.07, 6.45) is 1.99. The molecule has 118 valence electrons. The van der Waals surface area contributed by atoms with E-state index in [2.05, 4.69) is 0 Å². The first-order chi connectivity index (χ1) is 11.0. The minimum atomic E-state index is -0.749. The Kier molecular flexibility index (Phi) is 4.48. The molecule has 3 rings (SSSR count). The molecule has 1 fully saturated rings. The summed E-state index contributed by atoms with van der Waals surface area (Å²) in [7, 11) is -0.749. The summed E-state index contributed by atoms with van der Waals surface area (Å²) in [5.41, 5.74) is 2.91. The maximum atomic E-state index is 13.3. The van der Waals surface area contributed by atoms with Gasteiger partial charge in [0, 0.05) is 12.5 Å². The van der Waals surface area contributed by atoms with Gasteiger partial charge in [-0.3, -0.25) is 4.79 Å². The average molecular weight is 311 g/mol. The van der Waals surface area contributed by atoms with Crippen molar-refractivity contribution in [2.24, 2.45) is 0 Å². The lowest BCUT2D eigenvalue weighted by atomic mass is 9.83. The Balaban J connectivity index is 1.74. The Morgan fingerprint density at radius 2 is 1.96 bits per heavy atom. The number of hydrogen-bond acceptors (Lipinski definition) is 2. The maximum Gasteiger partial charge on any atom is 0.411 e. The summed E-state index contributed by atoms with van der Waals surface area (Å²) in [6, 6.07) is 14.5. The molecule has 1 atom stereocenters. The molecule has 1 heterocycles. The van der Waals surface area contributed by atoms with Crippen molar-refractivity contribution in [1.29, 1.82) is 0 Å². The third-order valence-electron chi connectivity index (χ3n) is 4.36. The van der Waals surface area contributed by atoms with E-state index in [1.807, 2.05) is 30.3 Å². The summed E-state index contributed by atoms with van der Waals surface area (Å²) in [5.74, 6) is -0.231. The molecule has 1 amide bonds. The number of carbonyl (C=O) groups is 1. The lowest BCUT2D eigenvalue weighted by Crippen LogP contribution is -2.44. The van der Waals surface area contributed by atoms with E-state index in [9.17, 15) is 14.2 Å². The molecule has 0 radical (unpaired) electrons. The lowest BCUT2D eigenvalue weighted by Gasteiger charge is -2.25. The average Bonchev–Trinajstić information content (AvgIpc) is 2.89. The van der Waals surface area contributed by atoms with Crippen molar-refractivity contribution in [2.75, 3.05) is 0 Å². The van der Waals surface area contributed by atoms with Crippen LogP contribution < -0.4 is 0 Å². The largest absolute Gasteiger partial charge is 0.432 e. The van der Waals surface area contributed by atoms with Gasteiger partial charge in [-0.15, -0.1) is 0 Å². The molecule has 1 N–H and O–H groups in total. The third-order valence-corrected chi connectivity index (χ3v) is 4.36. The van der Waals surface area contributed by atoms with Crippen LogP contribution in [0.4, 0.5) is 4.39 Å². The van der Waals surface area contributed by atoms with Crippen molar-refractivity contribution >= 4 is 13.0 Å². The van der Waals surface area contributed by atoms with E-state index in [1.54, 1.807) is 17.7 Å². The molecule has 2 aromatic rings. The summed E-state index contributed by atoms with van der Waals surface area (Å²) in [4.78, 5) is 13.4. The second-order valence-corrected chi connectivity index (χ2v) is 6.04. The molecule has 0 bridgehead atoms. The molecule has 5 heteroatoms. The first kappa shape index (κ1) is 15.7. The molecular formula is C18H19BFNO2. The highest BCUT2D eigenvalue weighted by Gasteiger charge is 2.35. The van der Waals surface area contributed by atoms with Crippen LogP contribution in [0.15, 0.2) is 48.5 Å². The van der Waals surface area contributed by atoms with Gasteiger partial charge in [-0.2, -0.15) is 0 Å². The van der Waals surface area contributed by atoms with Crippen LogP contribution in [0.2, 0.25) is 6.82 Å². The van der Waals surface area contributed by atoms with Crippen LogP contribution >= 0.6 is 0 Å². The fraction of sp³-hybridized carbons (Fsp3) is 0.278. The summed E-state index contributed by atoms with van der Waals surface area (Å²) < 4.78 is 13.3. The van der Waals surface area contributed by atoms with Gasteiger partial charge in [0.2, 0.25) is 5.91 Å². The molecule has 0 unspecified atom stereocenters. The van der Waals surface area contributed by atoms with Gasteiger partial charge < -0.3 is 9.83 Å². The summed E-state index contributed by atoms with van der Waals surface area (Å²) in [6.45, 7) is 1.63. The fourth-order valence-corrected chi connectivity index (χ4v) is 3.25. The quantitative estimate of drug-likeness (QED) is 0.881. The zero-order chi connectivity index (χ0) is 16.4. The van der Waals surface area contributed by atoms with Crippen LogP contribution in [0.3, 0.4) is 0 Å². The number of halogens is 1. The van der Waals surface area contributed by atoms with E-state index in [-0.39, 0.29) is 17.8 Å². The van der Waals surface area contributed by atoms with Crippen molar-refractivity contribution in [2.45, 2.75) is 32.1 Å². The Morgan fingerprint density at radius 3 is 2.61 bits per heavy atom. The Hall–Kier alpha value is -2.14. The van der Waals surface area contributed by atoms with Crippen molar-refractivity contribution < 1.29 is 14.2 Å². The number of rotatable bonds is 4. The minimum absolute atomic E-state index is 0.0152. The van der Waals surface area contributed by atoms with Gasteiger partial charge in [0.1, 0.15) is 5.82 Å². The molecular weight excluding hydrogens is 292 g/mol. The number of hydrogen-bond donors (Lipinski definition) is 1. The van der Waals surface area contributed by atoms with Crippen molar-refractivity contribution in [3.8, 4) is 11.1 Å². The molecule has 1 saturated heterocycles. The zero-order valence-electron chi connectivity index (χ0n) is 13.1. The topological polar surface area (TPSA) is 40.5 Å². The van der Waals surface area contributed by atoms with E-state index >= 15 is 0 Å². The Bertz CT molecular complexity index is 702. The normalized spacial score (nSPS) is 17.6. The smallest absolute Gasteiger partial charge is 0.411 e. The van der Waals surface area contributed by atoms with E-state index in [4.69, 9.17) is 0 Å². The van der Waals surface area contributed by atoms with Crippen LogP contribution in [-0.4, -0.2) is 28.8 Å². The van der Waals surface area contributed by atoms with E-state index < -0.39 is 7.05 Å². The van der Waals surface area contributed by atoms with Gasteiger partial charge in [0.15, 0.2) is 0 Å². The van der Waals surface area contributed by atoms with Gasteiger partial charge in [0.25, 0.3) is 0 Å². The zero-order valence-corrected chi connectivity index (χ0v) is 13.1. The van der Waals surface area contributed by atoms with Crippen molar-refractivity contribution in [3.05, 3.63) is 59.9 Å². The first-order valence-electron chi connectivity index (χ1n) is 7.88. The molecule has 1 aliphatic rings. The first-order valence-corrected chi connectivity index (χ1v) is 7.88. The number of carbonyl (C=O) groups excluding carboxylic acids is 1. The SMILES string of the molecule is CB(O)N1C(=O)CC[C@H]1Cc1ccc(-c2cccc(F)c2)cc1. The van der Waals surface area contributed by atoms with Gasteiger partial charge >= 0.3 is 7.05 Å². The standard InChI is InChI=1S/C18H19BFNO2/c1-19(23)21-17(9-10-18(21)22)11-13-5-7-14(8-6-13)15-3-2-4-16(20)12-15/h2-8,12,17,23H,9-11H2,1H3/t17-/m0/s1. The van der Waals surface area contributed by atoms with E-state index in [0.717, 1.165) is 29.5 Å². The van der Waals surface area contributed by atoms with E-state index in [1.165, 1.54) is 12.1 Å². The van der Waals surface area contributed by atoms with Crippen LogP contribution in [0.25, 0.3) is 11.1 Å². The predicted molar refractivity (Wildman–Crippen MR) is 89.2 cm³/mol. The summed E-state index contributed by atoms with van der Waals surface area (Å²) in [5, 5.41) is 9.76. The highest BCUT2D eigenvalue weighted by molar-refractivity contribution is 6.49. The fourth-order valence-electron chi connectivity index (χ4n) is 3.25. The molecule has 2 aromatic carbocycles. The number of amides is 1. The monoisotopic (exact) mass is 311 g/mol. The third kappa shape index (κ3) is 3.45.